The van der Waals surface area contributed by atoms with Crippen LogP contribution in [0.25, 0.3) is 0 Å². The number of hydrogen-bond donors (Lipinski definition) is 1. The van der Waals surface area contributed by atoms with E-state index < -0.39 is 0 Å². The van der Waals surface area contributed by atoms with Crippen LogP contribution in [0, 0.1) is 6.92 Å². The molecule has 0 radical (unpaired) electrons. The van der Waals surface area contributed by atoms with Crippen molar-refractivity contribution in [2.24, 2.45) is 0 Å². The highest BCUT2D eigenvalue weighted by atomic mass is 16.5. The maximum atomic E-state index is 5.83. The van der Waals surface area contributed by atoms with Crippen molar-refractivity contribution in [1.82, 2.24) is 0 Å². The predicted molar refractivity (Wildman–Crippen MR) is 62.2 cm³/mol. The molecule has 0 aliphatic rings. The topological polar surface area (TPSA) is 44.5 Å². The summed E-state index contributed by atoms with van der Waals surface area (Å²) < 4.78 is 11.0. The number of aryl methyl sites for hydroxylation is 1. The average molecular weight is 209 g/mol. The number of anilines is 1. The van der Waals surface area contributed by atoms with E-state index in [0.29, 0.717) is 18.9 Å². The maximum Gasteiger partial charge on any atom is 0.145 e. The molecule has 1 atom stereocenters. The Kier molecular flexibility index (Phi) is 4.43. The monoisotopic (exact) mass is 209 g/mol. The number of ether oxygens (including phenoxy) is 2. The first kappa shape index (κ1) is 11.9. The van der Waals surface area contributed by atoms with Crippen molar-refractivity contribution >= 4 is 5.69 Å². The van der Waals surface area contributed by atoms with Gasteiger partial charge >= 0.3 is 0 Å². The van der Waals surface area contributed by atoms with E-state index in [9.17, 15) is 0 Å². The summed E-state index contributed by atoms with van der Waals surface area (Å²) in [4.78, 5) is 0. The molecule has 0 aromatic heterocycles. The van der Waals surface area contributed by atoms with Gasteiger partial charge in [0.05, 0.1) is 12.3 Å². The lowest BCUT2D eigenvalue weighted by Gasteiger charge is -2.17. The molecule has 3 nitrogen and oxygen atoms in total. The zero-order valence-electron chi connectivity index (χ0n) is 9.62. The third-order valence-electron chi connectivity index (χ3n) is 2.12. The van der Waals surface area contributed by atoms with Crippen molar-refractivity contribution in [3.63, 3.8) is 0 Å². The second-order valence-corrected chi connectivity index (χ2v) is 3.58. The first-order valence-electron chi connectivity index (χ1n) is 5.24. The third-order valence-corrected chi connectivity index (χ3v) is 2.12. The summed E-state index contributed by atoms with van der Waals surface area (Å²) in [5, 5.41) is 0. The van der Waals surface area contributed by atoms with Gasteiger partial charge in [0.2, 0.25) is 0 Å². The van der Waals surface area contributed by atoms with Gasteiger partial charge in [-0.3, -0.25) is 0 Å². The number of rotatable bonds is 5. The summed E-state index contributed by atoms with van der Waals surface area (Å²) in [5.41, 5.74) is 7.57. The smallest absolute Gasteiger partial charge is 0.145 e. The largest absolute Gasteiger partial charge is 0.486 e. The van der Waals surface area contributed by atoms with Crippen molar-refractivity contribution in [3.8, 4) is 5.75 Å². The number of nitrogens with two attached hydrogens (primary N) is 1. The molecule has 0 aliphatic heterocycles. The zero-order chi connectivity index (χ0) is 11.3. The molecule has 0 fully saturated rings. The minimum Gasteiger partial charge on any atom is -0.486 e. The second-order valence-electron chi connectivity index (χ2n) is 3.58. The number of nitrogen functional groups attached to an aromatic ring is 1. The van der Waals surface area contributed by atoms with Gasteiger partial charge in [-0.25, -0.2) is 0 Å². The van der Waals surface area contributed by atoms with Crippen molar-refractivity contribution in [1.29, 1.82) is 0 Å². The Labute approximate surface area is 91.2 Å². The molecular weight excluding hydrogens is 190 g/mol. The van der Waals surface area contributed by atoms with E-state index in [1.165, 1.54) is 0 Å². The van der Waals surface area contributed by atoms with Crippen LogP contribution in [0.5, 0.6) is 5.75 Å². The van der Waals surface area contributed by atoms with E-state index in [-0.39, 0.29) is 6.10 Å². The molecule has 0 spiro atoms. The van der Waals surface area contributed by atoms with E-state index in [2.05, 4.69) is 0 Å². The predicted octanol–water partition coefficient (Wildman–Crippen LogP) is 2.38. The summed E-state index contributed by atoms with van der Waals surface area (Å²) in [7, 11) is 0. The molecular formula is C12H19NO2. The average Bonchev–Trinajstić information content (AvgIpc) is 2.21. The van der Waals surface area contributed by atoms with Gasteiger partial charge in [-0.2, -0.15) is 0 Å². The van der Waals surface area contributed by atoms with Crippen molar-refractivity contribution < 1.29 is 9.47 Å². The first-order chi connectivity index (χ1) is 7.15. The molecule has 1 aromatic rings. The molecule has 1 aromatic carbocycles. The van der Waals surface area contributed by atoms with E-state index in [4.69, 9.17) is 15.2 Å². The lowest BCUT2D eigenvalue weighted by molar-refractivity contribution is 0.0658. The fourth-order valence-corrected chi connectivity index (χ4v) is 1.36. The lowest BCUT2D eigenvalue weighted by atomic mass is 10.2. The van der Waals surface area contributed by atoms with E-state index in [1.54, 1.807) is 0 Å². The molecule has 3 heteroatoms. The minimum atomic E-state index is 0.0216. The Hall–Kier alpha value is -1.22. The number of para-hydroxylation sites is 1. The van der Waals surface area contributed by atoms with Crippen LogP contribution in [0.15, 0.2) is 18.2 Å². The Balaban J connectivity index is 2.63. The van der Waals surface area contributed by atoms with Gasteiger partial charge in [-0.15, -0.1) is 0 Å². The zero-order valence-corrected chi connectivity index (χ0v) is 9.62. The van der Waals surface area contributed by atoms with Crippen LogP contribution in [-0.2, 0) is 4.74 Å². The molecule has 0 heterocycles. The van der Waals surface area contributed by atoms with Gasteiger partial charge in [-0.05, 0) is 32.4 Å². The van der Waals surface area contributed by atoms with Crippen LogP contribution in [0.4, 0.5) is 5.69 Å². The summed E-state index contributed by atoms with van der Waals surface area (Å²) in [6.45, 7) is 7.22. The molecule has 0 saturated carbocycles. The lowest BCUT2D eigenvalue weighted by Crippen LogP contribution is -2.20. The molecule has 84 valence electrons. The summed E-state index contributed by atoms with van der Waals surface area (Å²) in [6, 6.07) is 5.75. The molecule has 0 bridgehead atoms. The van der Waals surface area contributed by atoms with Gasteiger partial charge in [-0.1, -0.05) is 12.1 Å². The fraction of sp³-hybridized carbons (Fsp3) is 0.500. The minimum absolute atomic E-state index is 0.0216. The van der Waals surface area contributed by atoms with Crippen LogP contribution in [-0.4, -0.2) is 19.3 Å². The second kappa shape index (κ2) is 5.61. The first-order valence-corrected chi connectivity index (χ1v) is 5.24. The molecule has 0 aliphatic carbocycles. The van der Waals surface area contributed by atoms with E-state index >= 15 is 0 Å². The number of benzene rings is 1. The normalized spacial score (nSPS) is 12.5. The van der Waals surface area contributed by atoms with Gasteiger partial charge < -0.3 is 15.2 Å². The standard InChI is InChI=1S/C12H19NO2/c1-4-14-8-10(3)15-12-9(2)6-5-7-11(12)13/h5-7,10H,4,8,13H2,1-3H3. The van der Waals surface area contributed by atoms with Crippen molar-refractivity contribution in [3.05, 3.63) is 23.8 Å². The van der Waals surface area contributed by atoms with Gasteiger partial charge in [0.1, 0.15) is 11.9 Å². The number of hydrogen-bond acceptors (Lipinski definition) is 3. The summed E-state index contributed by atoms with van der Waals surface area (Å²) in [5.74, 6) is 0.768. The SMILES string of the molecule is CCOCC(C)Oc1c(C)cccc1N. The van der Waals surface area contributed by atoms with Gasteiger partial charge in [0.25, 0.3) is 0 Å². The van der Waals surface area contributed by atoms with Crippen molar-refractivity contribution in [2.75, 3.05) is 18.9 Å². The van der Waals surface area contributed by atoms with Crippen LogP contribution in [0.1, 0.15) is 19.4 Å². The fourth-order valence-electron chi connectivity index (χ4n) is 1.36. The third kappa shape index (κ3) is 3.44. The Morgan fingerprint density at radius 1 is 1.40 bits per heavy atom. The molecule has 1 unspecified atom stereocenters. The summed E-state index contributed by atoms with van der Waals surface area (Å²) >= 11 is 0. The van der Waals surface area contributed by atoms with Gasteiger partial charge in [0.15, 0.2) is 0 Å². The molecule has 15 heavy (non-hydrogen) atoms. The highest BCUT2D eigenvalue weighted by molar-refractivity contribution is 5.56. The maximum absolute atomic E-state index is 5.83. The molecule has 2 N–H and O–H groups in total. The quantitative estimate of drug-likeness (QED) is 0.757. The van der Waals surface area contributed by atoms with Crippen molar-refractivity contribution in [2.45, 2.75) is 26.9 Å². The van der Waals surface area contributed by atoms with E-state index in [1.807, 2.05) is 39.0 Å². The molecule has 1 rings (SSSR count). The van der Waals surface area contributed by atoms with Gasteiger partial charge in [0, 0.05) is 6.61 Å². The highest BCUT2D eigenvalue weighted by Gasteiger charge is 2.08. The van der Waals surface area contributed by atoms with Crippen LogP contribution >= 0.6 is 0 Å². The Bertz CT molecular complexity index is 292. The van der Waals surface area contributed by atoms with Crippen LogP contribution < -0.4 is 10.5 Å². The van der Waals surface area contributed by atoms with Crippen LogP contribution in [0.2, 0.25) is 0 Å². The molecule has 0 saturated heterocycles. The molecule has 0 amide bonds. The Morgan fingerprint density at radius 2 is 2.13 bits per heavy atom. The highest BCUT2D eigenvalue weighted by Crippen LogP contribution is 2.26. The summed E-state index contributed by atoms with van der Waals surface area (Å²) in [6.07, 6.45) is 0.0216. The van der Waals surface area contributed by atoms with Crippen LogP contribution in [0.3, 0.4) is 0 Å². The van der Waals surface area contributed by atoms with E-state index in [0.717, 1.165) is 11.3 Å². The Morgan fingerprint density at radius 3 is 2.73 bits per heavy atom.